The molecular weight excluding hydrogens is 369 g/mol. The second-order valence-electron chi connectivity index (χ2n) is 8.10. The fraction of sp³-hybridized carbons (Fsp3) is 0.579. The molecule has 0 aliphatic heterocycles. The van der Waals surface area contributed by atoms with Crippen LogP contribution in [-0.4, -0.2) is 32.8 Å². The average molecular weight is 398 g/mol. The van der Waals surface area contributed by atoms with E-state index in [4.69, 9.17) is 0 Å². The Morgan fingerprint density at radius 3 is 2.44 bits per heavy atom. The number of hydrogen-bond donors (Lipinski definition) is 1. The fourth-order valence-electron chi connectivity index (χ4n) is 3.27. The highest BCUT2D eigenvalue weighted by Gasteiger charge is 2.28. The Morgan fingerprint density at radius 1 is 1.30 bits per heavy atom. The molecule has 1 N–H and O–H groups in total. The molecule has 27 heavy (non-hydrogen) atoms. The molecular formula is C19H28FN3O3S. The first-order chi connectivity index (χ1) is 12.5. The first-order valence-electron chi connectivity index (χ1n) is 9.04. The van der Waals surface area contributed by atoms with Gasteiger partial charge in [0, 0.05) is 5.71 Å². The minimum Gasteiger partial charge on any atom is -0.271 e. The van der Waals surface area contributed by atoms with E-state index in [2.05, 4.69) is 31.3 Å². The molecule has 0 bridgehead atoms. The number of anilines is 1. The van der Waals surface area contributed by atoms with Gasteiger partial charge in [-0.25, -0.2) is 18.2 Å². The molecule has 6 nitrogen and oxygen atoms in total. The minimum absolute atomic E-state index is 0.103. The molecule has 1 aliphatic rings. The molecule has 0 unspecified atom stereocenters. The van der Waals surface area contributed by atoms with Gasteiger partial charge in [0.1, 0.15) is 12.4 Å². The van der Waals surface area contributed by atoms with E-state index in [1.807, 2.05) is 0 Å². The molecule has 0 spiro atoms. The zero-order chi connectivity index (χ0) is 20.2. The van der Waals surface area contributed by atoms with Crippen molar-refractivity contribution in [3.63, 3.8) is 0 Å². The standard InChI is InChI=1S/C19H28FN3O3S/c1-19(2,3)14-8-10-16(11-9-14)21-22-18(24)13-23(27(4,25)26)17-7-5-6-15(20)12-17/h5-7,12,14H,8-11,13H2,1-4H3,(H,22,24). The summed E-state index contributed by atoms with van der Waals surface area (Å²) in [6.45, 7) is 6.24. The van der Waals surface area contributed by atoms with E-state index < -0.39 is 28.3 Å². The number of carbonyl (C=O) groups excluding carboxylic acids is 1. The number of sulfonamides is 1. The summed E-state index contributed by atoms with van der Waals surface area (Å²) in [5, 5.41) is 4.17. The Hall–Kier alpha value is -1.96. The second-order valence-corrected chi connectivity index (χ2v) is 10.0. The van der Waals surface area contributed by atoms with Crippen molar-refractivity contribution >= 4 is 27.3 Å². The van der Waals surface area contributed by atoms with Crippen LogP contribution in [0, 0.1) is 17.2 Å². The van der Waals surface area contributed by atoms with E-state index in [1.54, 1.807) is 0 Å². The summed E-state index contributed by atoms with van der Waals surface area (Å²) in [6, 6.07) is 5.13. The lowest BCUT2D eigenvalue weighted by atomic mass is 9.72. The molecule has 1 aliphatic carbocycles. The van der Waals surface area contributed by atoms with Gasteiger partial charge >= 0.3 is 0 Å². The monoisotopic (exact) mass is 397 g/mol. The molecule has 1 amide bonds. The molecule has 0 saturated heterocycles. The lowest BCUT2D eigenvalue weighted by Gasteiger charge is -2.34. The highest BCUT2D eigenvalue weighted by molar-refractivity contribution is 7.92. The highest BCUT2D eigenvalue weighted by Crippen LogP contribution is 2.36. The molecule has 1 fully saturated rings. The van der Waals surface area contributed by atoms with Gasteiger partial charge in [0.15, 0.2) is 0 Å². The van der Waals surface area contributed by atoms with E-state index >= 15 is 0 Å². The third kappa shape index (κ3) is 6.30. The quantitative estimate of drug-likeness (QED) is 0.774. The number of hydrazone groups is 1. The Labute approximate surface area is 160 Å². The Kier molecular flexibility index (Phi) is 6.62. The van der Waals surface area contributed by atoms with Crippen LogP contribution in [0.15, 0.2) is 29.4 Å². The Morgan fingerprint density at radius 2 is 1.93 bits per heavy atom. The molecule has 150 valence electrons. The summed E-state index contributed by atoms with van der Waals surface area (Å²) in [6.07, 6.45) is 4.67. The number of hydrogen-bond acceptors (Lipinski definition) is 4. The van der Waals surface area contributed by atoms with Gasteiger partial charge in [-0.2, -0.15) is 5.10 Å². The summed E-state index contributed by atoms with van der Waals surface area (Å²) in [5.41, 5.74) is 3.72. The second kappa shape index (κ2) is 8.37. The van der Waals surface area contributed by atoms with Crippen LogP contribution in [0.2, 0.25) is 0 Å². The van der Waals surface area contributed by atoms with Gasteiger partial charge in [-0.3, -0.25) is 9.10 Å². The summed E-state index contributed by atoms with van der Waals surface area (Å²) >= 11 is 0. The molecule has 1 saturated carbocycles. The maximum absolute atomic E-state index is 13.4. The van der Waals surface area contributed by atoms with Crippen LogP contribution in [-0.2, 0) is 14.8 Å². The van der Waals surface area contributed by atoms with Gasteiger partial charge in [0.25, 0.3) is 5.91 Å². The van der Waals surface area contributed by atoms with Crippen LogP contribution < -0.4 is 9.73 Å². The number of amides is 1. The van der Waals surface area contributed by atoms with Crippen molar-refractivity contribution in [2.45, 2.75) is 46.5 Å². The first kappa shape index (κ1) is 21.3. The molecule has 8 heteroatoms. The van der Waals surface area contributed by atoms with Gasteiger partial charge in [-0.1, -0.05) is 26.8 Å². The van der Waals surface area contributed by atoms with Gasteiger partial charge in [-0.05, 0) is 55.2 Å². The van der Waals surface area contributed by atoms with Crippen LogP contribution in [0.3, 0.4) is 0 Å². The van der Waals surface area contributed by atoms with Crippen LogP contribution in [0.4, 0.5) is 10.1 Å². The van der Waals surface area contributed by atoms with Crippen molar-refractivity contribution < 1.29 is 17.6 Å². The van der Waals surface area contributed by atoms with Crippen molar-refractivity contribution in [3.8, 4) is 0 Å². The zero-order valence-corrected chi connectivity index (χ0v) is 17.1. The van der Waals surface area contributed by atoms with E-state index in [0.29, 0.717) is 5.92 Å². The number of nitrogens with one attached hydrogen (secondary N) is 1. The number of benzene rings is 1. The molecule has 0 radical (unpaired) electrons. The minimum atomic E-state index is -3.74. The van der Waals surface area contributed by atoms with Crippen molar-refractivity contribution in [2.24, 2.45) is 16.4 Å². The van der Waals surface area contributed by atoms with Crippen molar-refractivity contribution in [1.29, 1.82) is 0 Å². The van der Waals surface area contributed by atoms with Crippen LogP contribution in [0.1, 0.15) is 46.5 Å². The van der Waals surface area contributed by atoms with Crippen molar-refractivity contribution in [3.05, 3.63) is 30.1 Å². The molecule has 0 aromatic heterocycles. The summed E-state index contributed by atoms with van der Waals surface area (Å²) < 4.78 is 38.3. The molecule has 0 atom stereocenters. The third-order valence-corrected chi connectivity index (χ3v) is 6.05. The largest absolute Gasteiger partial charge is 0.271 e. The maximum Gasteiger partial charge on any atom is 0.260 e. The number of carbonyl (C=O) groups is 1. The van der Waals surface area contributed by atoms with Gasteiger partial charge < -0.3 is 0 Å². The molecule has 1 aromatic rings. The fourth-order valence-corrected chi connectivity index (χ4v) is 4.12. The van der Waals surface area contributed by atoms with E-state index in [0.717, 1.165) is 48.0 Å². The van der Waals surface area contributed by atoms with Crippen LogP contribution >= 0.6 is 0 Å². The molecule has 0 heterocycles. The lowest BCUT2D eigenvalue weighted by Crippen LogP contribution is -2.39. The smallest absolute Gasteiger partial charge is 0.260 e. The van der Waals surface area contributed by atoms with Gasteiger partial charge in [0.2, 0.25) is 10.0 Å². The predicted molar refractivity (Wildman–Crippen MR) is 106 cm³/mol. The maximum atomic E-state index is 13.4. The average Bonchev–Trinajstić information content (AvgIpc) is 2.56. The van der Waals surface area contributed by atoms with E-state index in [1.165, 1.54) is 18.2 Å². The topological polar surface area (TPSA) is 78.8 Å². The number of halogens is 1. The highest BCUT2D eigenvalue weighted by atomic mass is 32.2. The Balaban J connectivity index is 1.99. The molecule has 2 rings (SSSR count). The predicted octanol–water partition coefficient (Wildman–Crippen LogP) is 3.30. The summed E-state index contributed by atoms with van der Waals surface area (Å²) in [4.78, 5) is 12.2. The first-order valence-corrected chi connectivity index (χ1v) is 10.9. The SMILES string of the molecule is CC(C)(C)C1CCC(=NNC(=O)CN(c2cccc(F)c2)S(C)(=O)=O)CC1. The summed E-state index contributed by atoms with van der Waals surface area (Å²) in [5.74, 6) is -0.506. The lowest BCUT2D eigenvalue weighted by molar-refractivity contribution is -0.119. The Bertz CT molecular complexity index is 806. The van der Waals surface area contributed by atoms with Crippen LogP contribution in [0.5, 0.6) is 0 Å². The summed E-state index contributed by atoms with van der Waals surface area (Å²) in [7, 11) is -3.74. The van der Waals surface area contributed by atoms with Crippen molar-refractivity contribution in [2.75, 3.05) is 17.1 Å². The zero-order valence-electron chi connectivity index (χ0n) is 16.3. The normalized spacial score (nSPS) is 18.1. The number of rotatable bonds is 5. The third-order valence-electron chi connectivity index (χ3n) is 4.91. The van der Waals surface area contributed by atoms with E-state index in [9.17, 15) is 17.6 Å². The van der Waals surface area contributed by atoms with Gasteiger partial charge in [-0.15, -0.1) is 0 Å². The molecule has 1 aromatic carbocycles. The van der Waals surface area contributed by atoms with Crippen LogP contribution in [0.25, 0.3) is 0 Å². The number of nitrogens with zero attached hydrogens (tertiary/aromatic N) is 2. The van der Waals surface area contributed by atoms with Gasteiger partial charge in [0.05, 0.1) is 11.9 Å². The van der Waals surface area contributed by atoms with Crippen molar-refractivity contribution in [1.82, 2.24) is 5.43 Å². The van der Waals surface area contributed by atoms with E-state index in [-0.39, 0.29) is 11.1 Å².